The van der Waals surface area contributed by atoms with Crippen molar-refractivity contribution < 1.29 is 24.2 Å². The van der Waals surface area contributed by atoms with Crippen molar-refractivity contribution in [3.05, 3.63) is 0 Å². The molecule has 0 aromatic carbocycles. The monoisotopic (exact) mass is 161 g/mol. The van der Waals surface area contributed by atoms with Crippen molar-refractivity contribution >= 4 is 12.1 Å². The van der Waals surface area contributed by atoms with Crippen LogP contribution in [-0.2, 0) is 24.2 Å². The van der Waals surface area contributed by atoms with Gasteiger partial charge in [0.1, 0.15) is 0 Å². The van der Waals surface area contributed by atoms with Gasteiger partial charge in [-0.2, -0.15) is 0 Å². The molecule has 0 atom stereocenters. The molecule has 0 spiro atoms. The van der Waals surface area contributed by atoms with Crippen LogP contribution in [0.5, 0.6) is 0 Å². The Labute approximate surface area is 49.5 Å². The van der Waals surface area contributed by atoms with Gasteiger partial charge < -0.3 is 0 Å². The zero-order chi connectivity index (χ0) is 4.28. The van der Waals surface area contributed by atoms with Crippen LogP contribution >= 0.6 is 0 Å². The van der Waals surface area contributed by atoms with Crippen LogP contribution in [0.15, 0.2) is 0 Å². The summed E-state index contributed by atoms with van der Waals surface area (Å²) in [7, 11) is 0.0410. The van der Waals surface area contributed by atoms with E-state index in [4.69, 9.17) is 0 Å². The van der Waals surface area contributed by atoms with Crippen molar-refractivity contribution in [1.82, 2.24) is 0 Å². The van der Waals surface area contributed by atoms with Crippen LogP contribution in [0.4, 0.5) is 0 Å². The molecule has 0 saturated carbocycles. The Hall–Kier alpha value is 0.970. The van der Waals surface area contributed by atoms with E-state index in [0.29, 0.717) is 0 Å². The van der Waals surface area contributed by atoms with Crippen LogP contribution in [0.25, 0.3) is 0 Å². The van der Waals surface area contributed by atoms with Crippen LogP contribution in [-0.4, -0.2) is 12.1 Å². The summed E-state index contributed by atoms with van der Waals surface area (Å²) < 4.78 is 2.36. The van der Waals surface area contributed by atoms with Crippen LogP contribution < -0.4 is 0 Å². The first-order chi connectivity index (χ1) is 2.27. The first-order valence-corrected chi connectivity index (χ1v) is 5.57. The van der Waals surface area contributed by atoms with Gasteiger partial charge in [-0.1, -0.05) is 0 Å². The summed E-state index contributed by atoms with van der Waals surface area (Å²) in [4.78, 5) is 0. The third kappa shape index (κ3) is 4.97. The van der Waals surface area contributed by atoms with Crippen LogP contribution in [0, 0.1) is 0 Å². The Kier molecular flexibility index (Phi) is 3.79. The van der Waals surface area contributed by atoms with Gasteiger partial charge >= 0.3 is 49.5 Å². The maximum atomic E-state index is 2.36. The second-order valence-electron chi connectivity index (χ2n) is 1.22. The van der Waals surface area contributed by atoms with Crippen molar-refractivity contribution in [1.29, 1.82) is 0 Å². The summed E-state index contributed by atoms with van der Waals surface area (Å²) in [6.45, 7) is 4.58. The SMILES string of the molecule is C[Si](C)[CH]=[Zr+2]. The van der Waals surface area contributed by atoms with Crippen molar-refractivity contribution in [2.45, 2.75) is 13.1 Å². The van der Waals surface area contributed by atoms with E-state index in [-0.39, 0.29) is 8.80 Å². The molecule has 0 aliphatic rings. The molecule has 0 bridgehead atoms. The molecular weight excluding hydrogens is 155 g/mol. The minimum absolute atomic E-state index is 0.0410. The molecule has 2 heteroatoms. The Morgan fingerprint density at radius 3 is 1.80 bits per heavy atom. The van der Waals surface area contributed by atoms with E-state index in [9.17, 15) is 0 Å². The molecule has 0 nitrogen and oxygen atoms in total. The molecule has 1 radical (unpaired) electrons. The second-order valence-corrected chi connectivity index (χ2v) is 5.79. The third-order valence-corrected chi connectivity index (χ3v) is 5.12. The quantitative estimate of drug-likeness (QED) is 0.496. The first kappa shape index (κ1) is 5.97. The Balaban J connectivity index is 2.83. The van der Waals surface area contributed by atoms with Crippen molar-refractivity contribution in [3.63, 3.8) is 0 Å². The van der Waals surface area contributed by atoms with Crippen LogP contribution in [0.3, 0.4) is 0 Å². The van der Waals surface area contributed by atoms with E-state index < -0.39 is 0 Å². The van der Waals surface area contributed by atoms with Crippen LogP contribution in [0.1, 0.15) is 0 Å². The van der Waals surface area contributed by atoms with E-state index in [2.05, 4.69) is 16.4 Å². The Morgan fingerprint density at radius 2 is 1.80 bits per heavy atom. The molecule has 0 rings (SSSR count). The molecule has 25 valence electrons. The average molecular weight is 162 g/mol. The molecule has 0 aliphatic carbocycles. The van der Waals surface area contributed by atoms with Gasteiger partial charge in [-0.3, -0.25) is 0 Å². The van der Waals surface area contributed by atoms with E-state index in [1.807, 2.05) is 0 Å². The van der Waals surface area contributed by atoms with E-state index in [1.54, 1.807) is 24.2 Å². The van der Waals surface area contributed by atoms with Gasteiger partial charge in [0.2, 0.25) is 0 Å². The summed E-state index contributed by atoms with van der Waals surface area (Å²) in [5, 5.41) is 0. The predicted molar refractivity (Wildman–Crippen MR) is 23.5 cm³/mol. The normalized spacial score (nSPS) is 9.00. The summed E-state index contributed by atoms with van der Waals surface area (Å²) in [6, 6.07) is 0. The topological polar surface area (TPSA) is 0 Å². The van der Waals surface area contributed by atoms with Gasteiger partial charge in [0.05, 0.1) is 0 Å². The van der Waals surface area contributed by atoms with Gasteiger partial charge in [-0.15, -0.1) is 0 Å². The fourth-order valence-electron chi connectivity index (χ4n) is 0. The molecular formula is C3H7SiZr+2. The van der Waals surface area contributed by atoms with Gasteiger partial charge in [0, 0.05) is 0 Å². The van der Waals surface area contributed by atoms with Gasteiger partial charge in [-0.05, 0) is 0 Å². The summed E-state index contributed by atoms with van der Waals surface area (Å²) in [5.74, 6) is 0. The molecule has 0 amide bonds. The summed E-state index contributed by atoms with van der Waals surface area (Å²) >= 11 is 1.58. The Bertz CT molecular complexity index is 33.9. The third-order valence-electron chi connectivity index (χ3n) is 0.289. The van der Waals surface area contributed by atoms with E-state index >= 15 is 0 Å². The van der Waals surface area contributed by atoms with E-state index in [0.717, 1.165) is 0 Å². The summed E-state index contributed by atoms with van der Waals surface area (Å²) in [5.41, 5.74) is 0. The van der Waals surface area contributed by atoms with Gasteiger partial charge in [0.15, 0.2) is 0 Å². The van der Waals surface area contributed by atoms with E-state index in [1.165, 1.54) is 0 Å². The minimum atomic E-state index is 0.0410. The first-order valence-electron chi connectivity index (χ1n) is 1.58. The summed E-state index contributed by atoms with van der Waals surface area (Å²) in [6.07, 6.45) is 0. The number of rotatable bonds is 1. The fourth-order valence-corrected chi connectivity index (χ4v) is 0. The molecule has 0 heterocycles. The van der Waals surface area contributed by atoms with Crippen molar-refractivity contribution in [2.75, 3.05) is 0 Å². The second kappa shape index (κ2) is 3.17. The molecule has 0 aromatic rings. The number of hydrogen-bond acceptors (Lipinski definition) is 0. The molecule has 0 aliphatic heterocycles. The van der Waals surface area contributed by atoms with Crippen molar-refractivity contribution in [3.8, 4) is 0 Å². The van der Waals surface area contributed by atoms with Crippen molar-refractivity contribution in [2.24, 2.45) is 0 Å². The zero-order valence-electron chi connectivity index (χ0n) is 3.58. The molecule has 0 fully saturated rings. The average Bonchev–Trinajstić information content (AvgIpc) is 1.38. The molecule has 0 saturated heterocycles. The molecule has 0 unspecified atom stereocenters. The predicted octanol–water partition coefficient (Wildman–Crippen LogP) is 0.629. The number of hydrogen-bond donors (Lipinski definition) is 0. The van der Waals surface area contributed by atoms with Gasteiger partial charge in [0.25, 0.3) is 0 Å². The molecule has 0 N–H and O–H groups in total. The zero-order valence-corrected chi connectivity index (χ0v) is 7.04. The molecule has 0 aromatic heterocycles. The Morgan fingerprint density at radius 1 is 1.60 bits per heavy atom. The van der Waals surface area contributed by atoms with Crippen LogP contribution in [0.2, 0.25) is 13.1 Å². The fraction of sp³-hybridized carbons (Fsp3) is 0.667. The van der Waals surface area contributed by atoms with Gasteiger partial charge in [-0.25, -0.2) is 0 Å². The molecule has 5 heavy (non-hydrogen) atoms. The maximum absolute atomic E-state index is 2.36. The standard InChI is InChI=1S/C3H7Si.Zr/c1-4(2)3;/h1H,2-3H3;/q;+2.